The van der Waals surface area contributed by atoms with E-state index < -0.39 is 0 Å². The fourth-order valence-corrected chi connectivity index (χ4v) is 2.35. The molecule has 0 spiro atoms. The number of nitrogens with one attached hydrogen (secondary N) is 2. The molecule has 0 aromatic rings. The Morgan fingerprint density at radius 2 is 2.21 bits per heavy atom. The molecule has 1 rings (SSSR count). The van der Waals surface area contributed by atoms with E-state index >= 15 is 0 Å². The van der Waals surface area contributed by atoms with Crippen LogP contribution in [-0.4, -0.2) is 37.2 Å². The predicted molar refractivity (Wildman–Crippen MR) is 78.1 cm³/mol. The zero-order valence-corrected chi connectivity index (χ0v) is 12.9. The van der Waals surface area contributed by atoms with Gasteiger partial charge < -0.3 is 15.4 Å². The van der Waals surface area contributed by atoms with Gasteiger partial charge in [-0.3, -0.25) is 4.79 Å². The quantitative estimate of drug-likeness (QED) is 0.745. The summed E-state index contributed by atoms with van der Waals surface area (Å²) in [4.78, 5) is 11.6. The Kier molecular flexibility index (Phi) is 6.80. The molecule has 1 heterocycles. The van der Waals surface area contributed by atoms with Crippen molar-refractivity contribution in [1.82, 2.24) is 10.6 Å². The third-order valence-corrected chi connectivity index (χ3v) is 3.84. The van der Waals surface area contributed by atoms with Gasteiger partial charge in [-0.15, -0.1) is 0 Å². The van der Waals surface area contributed by atoms with Crippen molar-refractivity contribution in [2.24, 2.45) is 5.92 Å². The van der Waals surface area contributed by atoms with Crippen molar-refractivity contribution >= 4 is 5.91 Å². The first-order valence-corrected chi connectivity index (χ1v) is 7.59. The van der Waals surface area contributed by atoms with Crippen LogP contribution < -0.4 is 10.6 Å². The fraction of sp³-hybridized carbons (Fsp3) is 0.933. The minimum atomic E-state index is 0.00974. The van der Waals surface area contributed by atoms with Crippen LogP contribution >= 0.6 is 0 Å². The van der Waals surface area contributed by atoms with E-state index in [9.17, 15) is 4.79 Å². The molecule has 0 bridgehead atoms. The van der Waals surface area contributed by atoms with Crippen LogP contribution in [0.3, 0.4) is 0 Å². The highest BCUT2D eigenvalue weighted by Crippen LogP contribution is 2.27. The molecule has 0 aromatic heterocycles. The Balaban J connectivity index is 2.17. The Bertz CT molecular complexity index is 281. The second-order valence-electron chi connectivity index (χ2n) is 6.24. The van der Waals surface area contributed by atoms with Crippen LogP contribution in [0.25, 0.3) is 0 Å². The number of ether oxygens (including phenoxy) is 1. The van der Waals surface area contributed by atoms with Gasteiger partial charge in [-0.05, 0) is 32.1 Å². The number of hydrogen-bond acceptors (Lipinski definition) is 3. The Morgan fingerprint density at radius 1 is 1.47 bits per heavy atom. The smallest absolute Gasteiger partial charge is 0.221 e. The molecule has 1 saturated heterocycles. The van der Waals surface area contributed by atoms with Gasteiger partial charge in [0.25, 0.3) is 0 Å². The van der Waals surface area contributed by atoms with E-state index in [1.807, 2.05) is 0 Å². The predicted octanol–water partition coefficient (Wildman–Crippen LogP) is 2.09. The van der Waals surface area contributed by atoms with E-state index in [1.165, 1.54) is 0 Å². The van der Waals surface area contributed by atoms with Crippen molar-refractivity contribution in [1.29, 1.82) is 0 Å². The highest BCUT2D eigenvalue weighted by molar-refractivity contribution is 5.76. The number of hydrogen-bond donors (Lipinski definition) is 2. The molecule has 1 aliphatic heterocycles. The molecule has 1 fully saturated rings. The van der Waals surface area contributed by atoms with E-state index in [0.29, 0.717) is 18.4 Å². The number of carbonyl (C=O) groups excluding carboxylic acids is 1. The van der Waals surface area contributed by atoms with E-state index in [1.54, 1.807) is 0 Å². The molecule has 1 aliphatic rings. The summed E-state index contributed by atoms with van der Waals surface area (Å²) >= 11 is 0. The third kappa shape index (κ3) is 6.39. The zero-order chi connectivity index (χ0) is 14.3. The second-order valence-corrected chi connectivity index (χ2v) is 6.24. The summed E-state index contributed by atoms with van der Waals surface area (Å²) in [5, 5.41) is 6.43. The number of carbonyl (C=O) groups is 1. The van der Waals surface area contributed by atoms with Crippen molar-refractivity contribution in [2.75, 3.05) is 19.7 Å². The molecule has 0 saturated carbocycles. The maximum atomic E-state index is 11.6. The number of rotatable bonds is 7. The largest absolute Gasteiger partial charge is 0.375 e. The summed E-state index contributed by atoms with van der Waals surface area (Å²) in [5.41, 5.74) is 0.00974. The minimum Gasteiger partial charge on any atom is -0.375 e. The lowest BCUT2D eigenvalue weighted by Gasteiger charge is -2.38. The number of amides is 1. The molecule has 19 heavy (non-hydrogen) atoms. The average Bonchev–Trinajstić information content (AvgIpc) is 2.36. The van der Waals surface area contributed by atoms with Crippen LogP contribution in [0.4, 0.5) is 0 Å². The molecule has 112 valence electrons. The third-order valence-electron chi connectivity index (χ3n) is 3.84. The summed E-state index contributed by atoms with van der Waals surface area (Å²) in [7, 11) is 0. The van der Waals surface area contributed by atoms with Crippen molar-refractivity contribution < 1.29 is 9.53 Å². The van der Waals surface area contributed by atoms with Crippen LogP contribution in [-0.2, 0) is 9.53 Å². The van der Waals surface area contributed by atoms with Gasteiger partial charge in [-0.1, -0.05) is 20.8 Å². The van der Waals surface area contributed by atoms with Gasteiger partial charge in [0.2, 0.25) is 5.91 Å². The average molecular weight is 270 g/mol. The van der Waals surface area contributed by atoms with Gasteiger partial charge in [0.05, 0.1) is 5.60 Å². The molecule has 2 N–H and O–H groups in total. The molecule has 1 amide bonds. The van der Waals surface area contributed by atoms with E-state index in [0.717, 1.165) is 39.0 Å². The molecular weight excluding hydrogens is 240 g/mol. The van der Waals surface area contributed by atoms with Gasteiger partial charge in [-0.2, -0.15) is 0 Å². The zero-order valence-electron chi connectivity index (χ0n) is 12.9. The normalized spacial score (nSPS) is 27.5. The summed E-state index contributed by atoms with van der Waals surface area (Å²) in [6.07, 6.45) is 3.69. The summed E-state index contributed by atoms with van der Waals surface area (Å²) < 4.78 is 5.82. The maximum absolute atomic E-state index is 11.6. The molecule has 4 heteroatoms. The molecule has 0 radical (unpaired) electrons. The standard InChI is InChI=1S/C15H30N2O2/c1-5-15(4)10-13(7-9-19-15)16-8-6-14(18)17-11-12(2)3/h12-13,16H,5-11H2,1-4H3,(H,17,18). The Morgan fingerprint density at radius 3 is 2.84 bits per heavy atom. The molecule has 4 nitrogen and oxygen atoms in total. The first kappa shape index (κ1) is 16.4. The molecule has 0 aromatic carbocycles. The molecular formula is C15H30N2O2. The topological polar surface area (TPSA) is 50.4 Å². The first-order valence-electron chi connectivity index (χ1n) is 7.59. The van der Waals surface area contributed by atoms with Crippen LogP contribution in [0.15, 0.2) is 0 Å². The lowest BCUT2D eigenvalue weighted by atomic mass is 9.90. The van der Waals surface area contributed by atoms with E-state index in [4.69, 9.17) is 4.74 Å². The van der Waals surface area contributed by atoms with Crippen molar-refractivity contribution in [3.8, 4) is 0 Å². The lowest BCUT2D eigenvalue weighted by molar-refractivity contribution is -0.121. The fourth-order valence-electron chi connectivity index (χ4n) is 2.35. The maximum Gasteiger partial charge on any atom is 0.221 e. The van der Waals surface area contributed by atoms with E-state index in [2.05, 4.69) is 38.3 Å². The molecule has 2 atom stereocenters. The van der Waals surface area contributed by atoms with Crippen molar-refractivity contribution in [3.63, 3.8) is 0 Å². The summed E-state index contributed by atoms with van der Waals surface area (Å²) in [6.45, 7) is 10.9. The van der Waals surface area contributed by atoms with Gasteiger partial charge in [0.1, 0.15) is 0 Å². The SMILES string of the molecule is CCC1(C)CC(NCCC(=O)NCC(C)C)CCO1. The van der Waals surface area contributed by atoms with Crippen LogP contribution in [0, 0.1) is 5.92 Å². The van der Waals surface area contributed by atoms with Crippen LogP contribution in [0.2, 0.25) is 0 Å². The summed E-state index contributed by atoms with van der Waals surface area (Å²) in [6, 6.07) is 0.483. The van der Waals surface area contributed by atoms with Gasteiger partial charge in [0, 0.05) is 32.2 Å². The molecule has 2 unspecified atom stereocenters. The highest BCUT2D eigenvalue weighted by atomic mass is 16.5. The van der Waals surface area contributed by atoms with Gasteiger partial charge >= 0.3 is 0 Å². The van der Waals surface area contributed by atoms with Crippen molar-refractivity contribution in [2.45, 2.75) is 65.0 Å². The Hall–Kier alpha value is -0.610. The van der Waals surface area contributed by atoms with Crippen LogP contribution in [0.1, 0.15) is 53.4 Å². The minimum absolute atomic E-state index is 0.00974. The van der Waals surface area contributed by atoms with E-state index in [-0.39, 0.29) is 11.5 Å². The molecule has 0 aliphatic carbocycles. The first-order chi connectivity index (χ1) is 8.95. The monoisotopic (exact) mass is 270 g/mol. The van der Waals surface area contributed by atoms with Crippen molar-refractivity contribution in [3.05, 3.63) is 0 Å². The second kappa shape index (κ2) is 7.85. The Labute approximate surface area is 117 Å². The van der Waals surface area contributed by atoms with Crippen LogP contribution in [0.5, 0.6) is 0 Å². The lowest BCUT2D eigenvalue weighted by Crippen LogP contribution is -2.45. The van der Waals surface area contributed by atoms with Gasteiger partial charge in [0.15, 0.2) is 0 Å². The summed E-state index contributed by atoms with van der Waals surface area (Å²) in [5.74, 6) is 0.657. The van der Waals surface area contributed by atoms with Gasteiger partial charge in [-0.25, -0.2) is 0 Å². The highest BCUT2D eigenvalue weighted by Gasteiger charge is 2.31.